The highest BCUT2D eigenvalue weighted by Gasteiger charge is 2.33. The molecule has 2 aromatic heterocycles. The first kappa shape index (κ1) is 44.5. The second-order valence-electron chi connectivity index (χ2n) is 16.1. The second-order valence-corrected chi connectivity index (χ2v) is 17.8. The van der Waals surface area contributed by atoms with E-state index in [4.69, 9.17) is 4.74 Å². The number of para-hydroxylation sites is 2. The number of anilines is 1. The molecule has 0 aliphatic carbocycles. The summed E-state index contributed by atoms with van der Waals surface area (Å²) < 4.78 is 7.91. The normalized spacial score (nSPS) is 16.0. The molecule has 18 heteroatoms. The minimum Gasteiger partial charge on any atom is -0.506 e. The molecule has 0 bridgehead atoms. The molecule has 16 nitrogen and oxygen atoms in total. The molecular formula is C42H53Br2N9O7. The number of aromatic nitrogens is 3. The fourth-order valence-electron chi connectivity index (χ4n) is 7.61. The number of hydrogen-bond acceptors (Lipinski definition) is 9. The number of pyridine rings is 1. The van der Waals surface area contributed by atoms with Gasteiger partial charge in [-0.1, -0.05) is 18.2 Å². The van der Waals surface area contributed by atoms with Crippen molar-refractivity contribution in [3.8, 4) is 5.75 Å². The summed E-state index contributed by atoms with van der Waals surface area (Å²) in [5.74, 6) is 0.0465. The first-order valence-electron chi connectivity index (χ1n) is 20.3. The zero-order chi connectivity index (χ0) is 43.0. The number of ether oxygens (including phenoxy) is 1. The van der Waals surface area contributed by atoms with Gasteiger partial charge in [0.1, 0.15) is 29.3 Å². The number of piperazine rings is 1. The number of amides is 5. The van der Waals surface area contributed by atoms with Gasteiger partial charge in [-0.15, -0.1) is 0 Å². The molecule has 0 saturated carbocycles. The van der Waals surface area contributed by atoms with Crippen LogP contribution in [0.2, 0.25) is 0 Å². The number of rotatable bonds is 13. The van der Waals surface area contributed by atoms with E-state index in [-0.39, 0.29) is 29.8 Å². The van der Waals surface area contributed by atoms with Crippen LogP contribution in [0.4, 0.5) is 15.4 Å². The Bertz CT molecular complexity index is 2170. The van der Waals surface area contributed by atoms with Crippen molar-refractivity contribution in [1.82, 2.24) is 40.3 Å². The van der Waals surface area contributed by atoms with Gasteiger partial charge in [0.05, 0.1) is 20.0 Å². The summed E-state index contributed by atoms with van der Waals surface area (Å²) >= 11 is 6.74. The topological polar surface area (TPSA) is 194 Å². The Hall–Kier alpha value is -5.10. The van der Waals surface area contributed by atoms with Gasteiger partial charge in [0.25, 0.3) is 0 Å². The molecule has 2 aliphatic heterocycles. The van der Waals surface area contributed by atoms with E-state index in [1.807, 2.05) is 42.5 Å². The molecule has 2 fully saturated rings. The van der Waals surface area contributed by atoms with E-state index in [0.717, 1.165) is 16.9 Å². The fourth-order valence-corrected chi connectivity index (χ4v) is 8.89. The average molecular weight is 956 g/mol. The second kappa shape index (κ2) is 20.0. The van der Waals surface area contributed by atoms with E-state index in [9.17, 15) is 29.1 Å². The summed E-state index contributed by atoms with van der Waals surface area (Å²) in [6.07, 6.45) is 3.66. The number of H-pyrrole nitrogens is 1. The Balaban J connectivity index is 1.15. The minimum absolute atomic E-state index is 0.00377. The maximum Gasteiger partial charge on any atom is 0.407 e. The number of hydrogen-bond donors (Lipinski definition) is 5. The number of imidazole rings is 1. The van der Waals surface area contributed by atoms with Gasteiger partial charge in [-0.25, -0.2) is 19.4 Å². The highest BCUT2D eigenvalue weighted by atomic mass is 79.9. The lowest BCUT2D eigenvalue weighted by Gasteiger charge is -2.37. The van der Waals surface area contributed by atoms with Gasteiger partial charge in [0, 0.05) is 64.5 Å². The van der Waals surface area contributed by atoms with Crippen LogP contribution in [0.15, 0.2) is 74.5 Å². The maximum atomic E-state index is 14.4. The molecule has 5 N–H and O–H groups in total. The number of unbranched alkanes of at least 4 members (excludes halogenated alkanes) is 1. The maximum absolute atomic E-state index is 14.4. The number of carbonyl (C=O) groups excluding carboxylic acids is 4. The van der Waals surface area contributed by atoms with Gasteiger partial charge >= 0.3 is 17.8 Å². The van der Waals surface area contributed by atoms with Gasteiger partial charge < -0.3 is 45.5 Å². The van der Waals surface area contributed by atoms with Crippen molar-refractivity contribution >= 4 is 72.6 Å². The van der Waals surface area contributed by atoms with Crippen LogP contribution in [0.3, 0.4) is 0 Å². The molecule has 0 unspecified atom stereocenters. The SMILES string of the molecule is CC(C)(C)OC(=O)NCCCC[C@H](NC(=O)[C@@H](Cc1cc(Br)c(O)c(Br)c1)NC(=O)N1CCC(n2c(=O)[nH]c3ccccc32)CC1)C(=O)N1CCN(c2ccccn2)CC1. The molecule has 2 aromatic carbocycles. The summed E-state index contributed by atoms with van der Waals surface area (Å²) in [5, 5.41) is 19.1. The average Bonchev–Trinajstić information content (AvgIpc) is 3.56. The quantitative estimate of drug-likeness (QED) is 0.109. The molecule has 2 atom stereocenters. The Kier molecular flexibility index (Phi) is 14.8. The molecule has 4 aromatic rings. The van der Waals surface area contributed by atoms with Gasteiger partial charge in [-0.3, -0.25) is 14.2 Å². The smallest absolute Gasteiger partial charge is 0.407 e. The number of urea groups is 1. The largest absolute Gasteiger partial charge is 0.506 e. The zero-order valence-corrected chi connectivity index (χ0v) is 37.3. The number of phenols is 1. The van der Waals surface area contributed by atoms with E-state index in [0.29, 0.717) is 92.4 Å². The van der Waals surface area contributed by atoms with Crippen LogP contribution in [0, 0.1) is 0 Å². The molecule has 60 heavy (non-hydrogen) atoms. The van der Waals surface area contributed by atoms with Gasteiger partial charge in [-0.2, -0.15) is 0 Å². The van der Waals surface area contributed by atoms with Crippen LogP contribution in [0.25, 0.3) is 11.0 Å². The number of carbonyl (C=O) groups is 4. The summed E-state index contributed by atoms with van der Waals surface area (Å²) in [6, 6.07) is 14.0. The number of halogens is 2. The highest BCUT2D eigenvalue weighted by molar-refractivity contribution is 9.11. The molecular weight excluding hydrogens is 902 g/mol. The number of fused-ring (bicyclic) bond motifs is 1. The number of alkyl carbamates (subject to hydrolysis) is 1. The monoisotopic (exact) mass is 953 g/mol. The summed E-state index contributed by atoms with van der Waals surface area (Å²) in [7, 11) is 0. The summed E-state index contributed by atoms with van der Waals surface area (Å²) in [6.45, 7) is 8.39. The molecule has 0 spiro atoms. The molecule has 322 valence electrons. The molecule has 2 saturated heterocycles. The first-order valence-corrected chi connectivity index (χ1v) is 21.9. The van der Waals surface area contributed by atoms with E-state index >= 15 is 0 Å². The first-order chi connectivity index (χ1) is 28.7. The van der Waals surface area contributed by atoms with Crippen LogP contribution < -0.4 is 26.5 Å². The number of nitrogens with zero attached hydrogens (tertiary/aromatic N) is 5. The van der Waals surface area contributed by atoms with Crippen molar-refractivity contribution in [2.24, 2.45) is 0 Å². The number of aromatic amines is 1. The van der Waals surface area contributed by atoms with Crippen LogP contribution in [0.5, 0.6) is 5.75 Å². The minimum atomic E-state index is -1.10. The third-order valence-corrected chi connectivity index (χ3v) is 11.8. The zero-order valence-electron chi connectivity index (χ0n) is 34.1. The number of benzene rings is 2. The van der Waals surface area contributed by atoms with Gasteiger partial charge in [0.2, 0.25) is 11.8 Å². The predicted octanol–water partition coefficient (Wildman–Crippen LogP) is 5.44. The number of likely N-dealkylation sites (tertiary alicyclic amines) is 1. The van der Waals surface area contributed by atoms with E-state index in [2.05, 4.69) is 62.7 Å². The Labute approximate surface area is 365 Å². The van der Waals surface area contributed by atoms with E-state index in [1.54, 1.807) is 53.5 Å². The van der Waals surface area contributed by atoms with E-state index < -0.39 is 35.7 Å². The van der Waals surface area contributed by atoms with Crippen LogP contribution >= 0.6 is 31.9 Å². The lowest BCUT2D eigenvalue weighted by Crippen LogP contribution is -2.59. The summed E-state index contributed by atoms with van der Waals surface area (Å²) in [4.78, 5) is 80.6. The highest BCUT2D eigenvalue weighted by Crippen LogP contribution is 2.34. The molecule has 6 rings (SSSR count). The third kappa shape index (κ3) is 11.6. The number of nitrogens with one attached hydrogen (secondary N) is 4. The van der Waals surface area contributed by atoms with Crippen molar-refractivity contribution in [3.63, 3.8) is 0 Å². The van der Waals surface area contributed by atoms with Crippen LogP contribution in [0.1, 0.15) is 64.5 Å². The van der Waals surface area contributed by atoms with Crippen LogP contribution in [-0.4, -0.2) is 117 Å². The standard InChI is InChI=1S/C42H53Br2N9O7/c1-42(2,3)60-41(59)46-17-8-6-11-32(38(56)51-22-20-50(21-23-51)35-13-7-9-16-45-35)47-37(55)33(26-27-24-29(43)36(54)30(44)25-27)49-39(57)52-18-14-28(15-19-52)53-34-12-5-4-10-31(34)48-40(53)58/h4-5,7,9-10,12-13,16,24-25,28,32-33,54H,6,8,11,14-15,17-23,26H2,1-3H3,(H,46,59)(H,47,55)(H,48,58)(H,49,57)/t32-,33+/m0/s1. The molecule has 5 amide bonds. The Morgan fingerprint density at radius 1 is 0.900 bits per heavy atom. The molecule has 2 aliphatic rings. The number of aromatic hydroxyl groups is 1. The van der Waals surface area contributed by atoms with Crippen LogP contribution in [-0.2, 0) is 20.7 Å². The predicted molar refractivity (Wildman–Crippen MR) is 235 cm³/mol. The van der Waals surface area contributed by atoms with Crippen molar-refractivity contribution in [1.29, 1.82) is 0 Å². The molecule has 0 radical (unpaired) electrons. The lowest BCUT2D eigenvalue weighted by atomic mass is 10.0. The van der Waals surface area contributed by atoms with Gasteiger partial charge in [0.15, 0.2) is 0 Å². The third-order valence-electron chi connectivity index (χ3n) is 10.6. The van der Waals surface area contributed by atoms with Gasteiger partial charge in [-0.05, 0) is 127 Å². The molecule has 4 heterocycles. The van der Waals surface area contributed by atoms with E-state index in [1.165, 1.54) is 0 Å². The number of piperidine rings is 1. The fraction of sp³-hybridized carbons (Fsp3) is 0.476. The van der Waals surface area contributed by atoms with Crippen molar-refractivity contribution < 1.29 is 29.0 Å². The lowest BCUT2D eigenvalue weighted by molar-refractivity contribution is -0.137. The van der Waals surface area contributed by atoms with Crippen molar-refractivity contribution in [2.45, 2.75) is 83.0 Å². The van der Waals surface area contributed by atoms with Crippen molar-refractivity contribution in [3.05, 3.63) is 85.8 Å². The van der Waals surface area contributed by atoms with Crippen molar-refractivity contribution in [2.75, 3.05) is 50.7 Å². The number of phenolic OH excluding ortho intramolecular Hbond substituents is 1. The Morgan fingerprint density at radius 2 is 1.58 bits per heavy atom. The Morgan fingerprint density at radius 3 is 2.25 bits per heavy atom. The summed E-state index contributed by atoms with van der Waals surface area (Å²) in [5.41, 5.74) is 1.38.